The van der Waals surface area contributed by atoms with E-state index >= 15 is 0 Å². The van der Waals surface area contributed by atoms with E-state index in [0.717, 1.165) is 35.6 Å². The van der Waals surface area contributed by atoms with E-state index in [-0.39, 0.29) is 0 Å². The summed E-state index contributed by atoms with van der Waals surface area (Å²) in [6.07, 6.45) is 3.94. The Morgan fingerprint density at radius 3 is 2.93 bits per heavy atom. The van der Waals surface area contributed by atoms with Crippen molar-refractivity contribution in [3.63, 3.8) is 0 Å². The Labute approximate surface area is 89.3 Å². The van der Waals surface area contributed by atoms with Crippen LogP contribution in [0.1, 0.15) is 23.7 Å². The zero-order valence-electron chi connectivity index (χ0n) is 9.41. The number of hydrogen-bond acceptors (Lipinski definition) is 3. The first-order valence-corrected chi connectivity index (χ1v) is 5.23. The number of rotatable bonds is 3. The Bertz CT molecular complexity index is 473. The molecular weight excluding hydrogens is 188 g/mol. The monoisotopic (exact) mass is 204 g/mol. The van der Waals surface area contributed by atoms with Gasteiger partial charge in [-0.1, -0.05) is 6.92 Å². The van der Waals surface area contributed by atoms with Crippen LogP contribution in [0.4, 0.5) is 0 Å². The highest BCUT2D eigenvalue weighted by atomic mass is 15.2. The Balaban J connectivity index is 2.39. The lowest BCUT2D eigenvalue weighted by molar-refractivity contribution is 0.716. The lowest BCUT2D eigenvalue weighted by atomic mass is 10.3. The van der Waals surface area contributed by atoms with Crippen molar-refractivity contribution in [1.82, 2.24) is 19.9 Å². The normalized spacial score (nSPS) is 11.1. The number of hydrogen-bond donors (Lipinski definition) is 1. The molecule has 0 bridgehead atoms. The summed E-state index contributed by atoms with van der Waals surface area (Å²) < 4.78 is 1.86. The maximum atomic E-state index is 4.41. The summed E-state index contributed by atoms with van der Waals surface area (Å²) in [4.78, 5) is 4.41. The van der Waals surface area contributed by atoms with Crippen LogP contribution in [0.5, 0.6) is 0 Å². The van der Waals surface area contributed by atoms with Gasteiger partial charge in [-0.15, -0.1) is 0 Å². The zero-order chi connectivity index (χ0) is 10.8. The fourth-order valence-corrected chi connectivity index (χ4v) is 1.56. The third kappa shape index (κ3) is 1.85. The first kappa shape index (κ1) is 10.1. The minimum atomic E-state index is 0.845. The number of nitrogens with one attached hydrogen (secondary N) is 1. The van der Waals surface area contributed by atoms with Crippen LogP contribution in [-0.2, 0) is 6.54 Å². The van der Waals surface area contributed by atoms with Crippen LogP contribution in [-0.4, -0.2) is 21.1 Å². The third-order valence-electron chi connectivity index (χ3n) is 2.57. The molecule has 4 heteroatoms. The SMILES string of the molecule is CCNCc1cnc2c(C)c(C)nn2c1. The van der Waals surface area contributed by atoms with Crippen LogP contribution in [0.25, 0.3) is 5.65 Å². The van der Waals surface area contributed by atoms with E-state index in [4.69, 9.17) is 0 Å². The molecule has 80 valence electrons. The molecule has 2 aromatic rings. The summed E-state index contributed by atoms with van der Waals surface area (Å²) in [5.41, 5.74) is 4.31. The summed E-state index contributed by atoms with van der Waals surface area (Å²) in [5.74, 6) is 0. The second kappa shape index (κ2) is 3.98. The van der Waals surface area contributed by atoms with Gasteiger partial charge in [0.2, 0.25) is 0 Å². The molecule has 2 heterocycles. The highest BCUT2D eigenvalue weighted by molar-refractivity contribution is 5.48. The molecule has 1 N–H and O–H groups in total. The average Bonchev–Trinajstić information content (AvgIpc) is 2.52. The van der Waals surface area contributed by atoms with Crippen molar-refractivity contribution in [2.24, 2.45) is 0 Å². The highest BCUT2D eigenvalue weighted by Crippen LogP contribution is 2.11. The molecule has 0 spiro atoms. The molecule has 0 aliphatic heterocycles. The van der Waals surface area contributed by atoms with Crippen molar-refractivity contribution in [3.8, 4) is 0 Å². The maximum Gasteiger partial charge on any atom is 0.158 e. The summed E-state index contributed by atoms with van der Waals surface area (Å²) >= 11 is 0. The minimum absolute atomic E-state index is 0.845. The molecule has 15 heavy (non-hydrogen) atoms. The van der Waals surface area contributed by atoms with Crippen molar-refractivity contribution in [2.75, 3.05) is 6.54 Å². The van der Waals surface area contributed by atoms with Gasteiger partial charge in [-0.25, -0.2) is 9.50 Å². The molecule has 4 nitrogen and oxygen atoms in total. The Hall–Kier alpha value is -1.42. The minimum Gasteiger partial charge on any atom is -0.313 e. The van der Waals surface area contributed by atoms with Crippen LogP contribution in [0.3, 0.4) is 0 Å². The molecule has 0 unspecified atom stereocenters. The van der Waals surface area contributed by atoms with Gasteiger partial charge < -0.3 is 5.32 Å². The van der Waals surface area contributed by atoms with E-state index in [2.05, 4.69) is 29.2 Å². The lowest BCUT2D eigenvalue weighted by Gasteiger charge is -2.01. The van der Waals surface area contributed by atoms with Gasteiger partial charge in [0.25, 0.3) is 0 Å². The third-order valence-corrected chi connectivity index (χ3v) is 2.57. The Morgan fingerprint density at radius 1 is 1.40 bits per heavy atom. The largest absolute Gasteiger partial charge is 0.313 e. The first-order valence-electron chi connectivity index (χ1n) is 5.23. The molecule has 0 saturated carbocycles. The number of nitrogens with zero attached hydrogens (tertiary/aromatic N) is 3. The molecule has 0 fully saturated rings. The molecule has 0 atom stereocenters. The van der Waals surface area contributed by atoms with Crippen LogP contribution >= 0.6 is 0 Å². The van der Waals surface area contributed by atoms with Gasteiger partial charge >= 0.3 is 0 Å². The molecular formula is C11H16N4. The molecule has 0 amide bonds. The fraction of sp³-hybridized carbons (Fsp3) is 0.455. The number of aryl methyl sites for hydroxylation is 2. The van der Waals surface area contributed by atoms with Gasteiger partial charge in [-0.05, 0) is 20.4 Å². The van der Waals surface area contributed by atoms with Gasteiger partial charge in [0.15, 0.2) is 5.65 Å². The van der Waals surface area contributed by atoms with E-state index in [1.54, 1.807) is 0 Å². The lowest BCUT2D eigenvalue weighted by Crippen LogP contribution is -2.12. The number of fused-ring (bicyclic) bond motifs is 1. The summed E-state index contributed by atoms with van der Waals surface area (Å²) in [6, 6.07) is 0. The quantitative estimate of drug-likeness (QED) is 0.823. The molecule has 0 radical (unpaired) electrons. The second-order valence-corrected chi connectivity index (χ2v) is 3.72. The van der Waals surface area contributed by atoms with Crippen molar-refractivity contribution >= 4 is 5.65 Å². The first-order chi connectivity index (χ1) is 7.22. The van der Waals surface area contributed by atoms with E-state index in [9.17, 15) is 0 Å². The molecule has 0 saturated heterocycles. The standard InChI is InChI=1S/C11H16N4/c1-4-12-5-10-6-13-11-8(2)9(3)14-15(11)7-10/h6-7,12H,4-5H2,1-3H3. The molecule has 0 aliphatic carbocycles. The molecule has 0 aromatic carbocycles. The van der Waals surface area contributed by atoms with Crippen LogP contribution in [0, 0.1) is 13.8 Å². The zero-order valence-corrected chi connectivity index (χ0v) is 9.41. The van der Waals surface area contributed by atoms with Crippen molar-refractivity contribution in [2.45, 2.75) is 27.3 Å². The van der Waals surface area contributed by atoms with Gasteiger partial charge in [-0.3, -0.25) is 0 Å². The van der Waals surface area contributed by atoms with Crippen molar-refractivity contribution in [3.05, 3.63) is 29.2 Å². The van der Waals surface area contributed by atoms with Gasteiger partial charge in [0.1, 0.15) is 0 Å². The second-order valence-electron chi connectivity index (χ2n) is 3.72. The summed E-state index contributed by atoms with van der Waals surface area (Å²) in [6.45, 7) is 7.96. The molecule has 2 rings (SSSR count). The maximum absolute atomic E-state index is 4.41. The van der Waals surface area contributed by atoms with Gasteiger partial charge in [0.05, 0.1) is 5.69 Å². The predicted octanol–water partition coefficient (Wildman–Crippen LogP) is 1.46. The van der Waals surface area contributed by atoms with Gasteiger partial charge in [-0.2, -0.15) is 5.10 Å². The average molecular weight is 204 g/mol. The summed E-state index contributed by atoms with van der Waals surface area (Å²) in [7, 11) is 0. The Kier molecular flexibility index (Phi) is 2.68. The van der Waals surface area contributed by atoms with Crippen molar-refractivity contribution < 1.29 is 0 Å². The van der Waals surface area contributed by atoms with Crippen LogP contribution in [0.15, 0.2) is 12.4 Å². The van der Waals surface area contributed by atoms with Gasteiger partial charge in [0, 0.05) is 30.1 Å². The number of aromatic nitrogens is 3. The summed E-state index contributed by atoms with van der Waals surface area (Å²) in [5, 5.41) is 7.68. The van der Waals surface area contributed by atoms with E-state index in [0.29, 0.717) is 0 Å². The topological polar surface area (TPSA) is 42.2 Å². The van der Waals surface area contributed by atoms with Crippen LogP contribution in [0.2, 0.25) is 0 Å². The molecule has 0 aliphatic rings. The van der Waals surface area contributed by atoms with Crippen molar-refractivity contribution in [1.29, 1.82) is 0 Å². The van der Waals surface area contributed by atoms with E-state index in [1.807, 2.05) is 23.8 Å². The van der Waals surface area contributed by atoms with E-state index in [1.165, 1.54) is 0 Å². The Morgan fingerprint density at radius 2 is 2.20 bits per heavy atom. The highest BCUT2D eigenvalue weighted by Gasteiger charge is 2.05. The van der Waals surface area contributed by atoms with E-state index < -0.39 is 0 Å². The fourth-order valence-electron chi connectivity index (χ4n) is 1.56. The molecule has 2 aromatic heterocycles. The smallest absolute Gasteiger partial charge is 0.158 e. The predicted molar refractivity (Wildman–Crippen MR) is 59.8 cm³/mol. The van der Waals surface area contributed by atoms with Crippen LogP contribution < -0.4 is 5.32 Å².